The van der Waals surface area contributed by atoms with Gasteiger partial charge in [-0.15, -0.1) is 0 Å². The van der Waals surface area contributed by atoms with Gasteiger partial charge >= 0.3 is 0 Å². The number of hydrogen-bond donors (Lipinski definition) is 0. The van der Waals surface area contributed by atoms with E-state index in [0.717, 1.165) is 35.5 Å². The summed E-state index contributed by atoms with van der Waals surface area (Å²) in [5.74, 6) is 0.896. The Morgan fingerprint density at radius 2 is 1.72 bits per heavy atom. The van der Waals surface area contributed by atoms with Crippen molar-refractivity contribution in [2.45, 2.75) is 0 Å². The van der Waals surface area contributed by atoms with Crippen LogP contribution in [0, 0.1) is 0 Å². The summed E-state index contributed by atoms with van der Waals surface area (Å²) in [4.78, 5) is 17.0. The Kier molecular flexibility index (Phi) is 4.06. The quantitative estimate of drug-likeness (QED) is 0.735. The summed E-state index contributed by atoms with van der Waals surface area (Å²) < 4.78 is 11.0. The van der Waals surface area contributed by atoms with Crippen LogP contribution in [-0.2, 0) is 0 Å². The summed E-state index contributed by atoms with van der Waals surface area (Å²) >= 11 is 0. The average Bonchev–Trinajstić information content (AvgIpc) is 3.11. The molecule has 1 aromatic heterocycles. The highest BCUT2D eigenvalue weighted by molar-refractivity contribution is 6.05. The number of carbonyl (C=O) groups is 1. The minimum Gasteiger partial charge on any atom is -0.495 e. The van der Waals surface area contributed by atoms with Crippen LogP contribution < -0.4 is 9.64 Å². The molecule has 1 aliphatic rings. The molecule has 2 heterocycles. The van der Waals surface area contributed by atoms with Crippen molar-refractivity contribution in [2.24, 2.45) is 0 Å². The van der Waals surface area contributed by atoms with E-state index in [2.05, 4.69) is 11.0 Å². The Morgan fingerprint density at radius 1 is 1.00 bits per heavy atom. The van der Waals surface area contributed by atoms with Crippen molar-refractivity contribution in [3.05, 3.63) is 60.4 Å². The second-order valence-corrected chi connectivity index (χ2v) is 6.10. The van der Waals surface area contributed by atoms with Crippen molar-refractivity contribution in [1.82, 2.24) is 4.90 Å². The van der Waals surface area contributed by atoms with Gasteiger partial charge in [-0.25, -0.2) is 0 Å². The van der Waals surface area contributed by atoms with Gasteiger partial charge in [-0.05, 0) is 18.2 Å². The lowest BCUT2D eigenvalue weighted by atomic mass is 10.1. The number of amides is 1. The number of hydrogen-bond acceptors (Lipinski definition) is 4. The average molecular weight is 336 g/mol. The van der Waals surface area contributed by atoms with Crippen LogP contribution in [0.1, 0.15) is 10.4 Å². The zero-order chi connectivity index (χ0) is 17.2. The molecule has 0 atom stereocenters. The van der Waals surface area contributed by atoms with Crippen molar-refractivity contribution in [3.63, 3.8) is 0 Å². The second kappa shape index (κ2) is 6.51. The SMILES string of the molecule is COc1ccccc1N1CCN(C(=O)c2coc3ccccc23)CC1. The molecule has 0 unspecified atom stereocenters. The molecule has 5 nitrogen and oxygen atoms in total. The normalized spacial score (nSPS) is 14.8. The standard InChI is InChI=1S/C20H20N2O3/c1-24-19-9-5-3-7-17(19)21-10-12-22(13-11-21)20(23)16-14-25-18-8-4-2-6-15(16)18/h2-9,14H,10-13H2,1H3. The lowest BCUT2D eigenvalue weighted by molar-refractivity contribution is 0.0747. The molecule has 128 valence electrons. The number of carbonyl (C=O) groups excluding carboxylic acids is 1. The first-order valence-electron chi connectivity index (χ1n) is 8.41. The number of benzene rings is 2. The largest absolute Gasteiger partial charge is 0.495 e. The van der Waals surface area contributed by atoms with Crippen molar-refractivity contribution in [3.8, 4) is 5.75 Å². The summed E-state index contributed by atoms with van der Waals surface area (Å²) in [7, 11) is 1.68. The van der Waals surface area contributed by atoms with Gasteiger partial charge in [0.05, 0.1) is 18.4 Å². The molecule has 1 saturated heterocycles. The monoisotopic (exact) mass is 336 g/mol. The molecular weight excluding hydrogens is 316 g/mol. The predicted octanol–water partition coefficient (Wildman–Crippen LogP) is 3.40. The summed E-state index contributed by atoms with van der Waals surface area (Å²) in [5, 5.41) is 0.875. The zero-order valence-electron chi connectivity index (χ0n) is 14.1. The minimum atomic E-state index is 0.0321. The number of rotatable bonds is 3. The van der Waals surface area contributed by atoms with Gasteiger partial charge in [0.1, 0.15) is 17.6 Å². The third-order valence-corrected chi connectivity index (χ3v) is 4.70. The first-order chi connectivity index (χ1) is 12.3. The zero-order valence-corrected chi connectivity index (χ0v) is 14.1. The number of para-hydroxylation sites is 3. The Balaban J connectivity index is 1.49. The maximum atomic E-state index is 12.9. The lowest BCUT2D eigenvalue weighted by Gasteiger charge is -2.36. The molecule has 1 fully saturated rings. The van der Waals surface area contributed by atoms with Gasteiger partial charge in [-0.2, -0.15) is 0 Å². The van der Waals surface area contributed by atoms with Crippen molar-refractivity contribution < 1.29 is 13.9 Å². The van der Waals surface area contributed by atoms with E-state index in [1.807, 2.05) is 47.4 Å². The molecule has 0 bridgehead atoms. The van der Waals surface area contributed by atoms with Gasteiger partial charge in [0.2, 0.25) is 0 Å². The fraction of sp³-hybridized carbons (Fsp3) is 0.250. The molecule has 4 rings (SSSR count). The van der Waals surface area contributed by atoms with Crippen LogP contribution in [0.15, 0.2) is 59.2 Å². The summed E-state index contributed by atoms with van der Waals surface area (Å²) in [6.07, 6.45) is 1.57. The Labute approximate surface area is 146 Å². The molecular formula is C20H20N2O3. The van der Waals surface area contributed by atoms with Gasteiger partial charge in [-0.3, -0.25) is 4.79 Å². The third kappa shape index (κ3) is 2.82. The molecule has 5 heteroatoms. The number of anilines is 1. The number of piperazine rings is 1. The van der Waals surface area contributed by atoms with E-state index < -0.39 is 0 Å². The van der Waals surface area contributed by atoms with Crippen LogP contribution in [0.2, 0.25) is 0 Å². The van der Waals surface area contributed by atoms with Crippen LogP contribution in [0.4, 0.5) is 5.69 Å². The van der Waals surface area contributed by atoms with E-state index in [-0.39, 0.29) is 5.91 Å². The Morgan fingerprint density at radius 3 is 2.52 bits per heavy atom. The van der Waals surface area contributed by atoms with E-state index in [0.29, 0.717) is 18.7 Å². The van der Waals surface area contributed by atoms with E-state index >= 15 is 0 Å². The first kappa shape index (κ1) is 15.6. The highest BCUT2D eigenvalue weighted by Crippen LogP contribution is 2.29. The highest BCUT2D eigenvalue weighted by Gasteiger charge is 2.25. The second-order valence-electron chi connectivity index (χ2n) is 6.10. The lowest BCUT2D eigenvalue weighted by Crippen LogP contribution is -2.48. The van der Waals surface area contributed by atoms with Gasteiger partial charge < -0.3 is 19.0 Å². The first-order valence-corrected chi connectivity index (χ1v) is 8.41. The highest BCUT2D eigenvalue weighted by atomic mass is 16.5. The summed E-state index contributed by atoms with van der Waals surface area (Å²) in [6, 6.07) is 15.6. The predicted molar refractivity (Wildman–Crippen MR) is 97.3 cm³/mol. The molecule has 2 aromatic carbocycles. The van der Waals surface area contributed by atoms with Gasteiger partial charge in [0.15, 0.2) is 0 Å². The maximum absolute atomic E-state index is 12.9. The third-order valence-electron chi connectivity index (χ3n) is 4.70. The van der Waals surface area contributed by atoms with Crippen molar-refractivity contribution in [2.75, 3.05) is 38.2 Å². The molecule has 25 heavy (non-hydrogen) atoms. The van der Waals surface area contributed by atoms with Gasteiger partial charge in [-0.1, -0.05) is 30.3 Å². The fourth-order valence-electron chi connectivity index (χ4n) is 3.36. The molecule has 0 radical (unpaired) electrons. The molecule has 1 amide bonds. The van der Waals surface area contributed by atoms with Crippen LogP contribution in [0.25, 0.3) is 11.0 Å². The Bertz CT molecular complexity index is 895. The number of nitrogens with zero attached hydrogens (tertiary/aromatic N) is 2. The van der Waals surface area contributed by atoms with Crippen LogP contribution in [-0.4, -0.2) is 44.1 Å². The Hall–Kier alpha value is -2.95. The number of ether oxygens (including phenoxy) is 1. The molecule has 0 saturated carbocycles. The van der Waals surface area contributed by atoms with Gasteiger partial charge in [0, 0.05) is 31.6 Å². The smallest absolute Gasteiger partial charge is 0.257 e. The molecule has 0 spiro atoms. The summed E-state index contributed by atoms with van der Waals surface area (Å²) in [6.45, 7) is 2.91. The topological polar surface area (TPSA) is 45.9 Å². The molecule has 0 aliphatic carbocycles. The molecule has 3 aromatic rings. The van der Waals surface area contributed by atoms with Crippen LogP contribution in [0.5, 0.6) is 5.75 Å². The molecule has 1 aliphatic heterocycles. The van der Waals surface area contributed by atoms with Crippen molar-refractivity contribution >= 4 is 22.6 Å². The van der Waals surface area contributed by atoms with Crippen molar-refractivity contribution in [1.29, 1.82) is 0 Å². The number of furan rings is 1. The summed E-state index contributed by atoms with van der Waals surface area (Å²) in [5.41, 5.74) is 2.46. The maximum Gasteiger partial charge on any atom is 0.257 e. The van der Waals surface area contributed by atoms with Crippen LogP contribution in [0.3, 0.4) is 0 Å². The number of methoxy groups -OCH3 is 1. The minimum absolute atomic E-state index is 0.0321. The van der Waals surface area contributed by atoms with Gasteiger partial charge in [0.25, 0.3) is 5.91 Å². The van der Waals surface area contributed by atoms with Crippen LogP contribution >= 0.6 is 0 Å². The number of fused-ring (bicyclic) bond motifs is 1. The van der Waals surface area contributed by atoms with E-state index in [1.165, 1.54) is 0 Å². The fourth-order valence-corrected chi connectivity index (χ4v) is 3.36. The van der Waals surface area contributed by atoms with E-state index in [9.17, 15) is 4.79 Å². The van der Waals surface area contributed by atoms with E-state index in [1.54, 1.807) is 13.4 Å². The van der Waals surface area contributed by atoms with E-state index in [4.69, 9.17) is 9.15 Å². The molecule has 0 N–H and O–H groups in total.